The van der Waals surface area contributed by atoms with Gasteiger partial charge in [-0.2, -0.15) is 0 Å². The van der Waals surface area contributed by atoms with Gasteiger partial charge in [0.05, 0.1) is 13.7 Å². The lowest BCUT2D eigenvalue weighted by Crippen LogP contribution is -2.42. The van der Waals surface area contributed by atoms with E-state index in [1.807, 2.05) is 18.2 Å². The largest absolute Gasteiger partial charge is 0.497 e. The molecule has 2 N–H and O–H groups in total. The minimum atomic E-state index is -0.627. The van der Waals surface area contributed by atoms with Crippen molar-refractivity contribution >= 4 is 17.6 Å². The summed E-state index contributed by atoms with van der Waals surface area (Å²) in [5.74, 6) is 1.77. The smallest absolute Gasteiger partial charge is 0.322 e. The second-order valence-electron chi connectivity index (χ2n) is 6.22. The van der Waals surface area contributed by atoms with Crippen molar-refractivity contribution in [3.63, 3.8) is 0 Å². The number of methoxy groups -OCH3 is 1. The molecule has 2 aliphatic heterocycles. The fourth-order valence-electron chi connectivity index (χ4n) is 3.05. The SMILES string of the molecule is COc1cccc(N2CC(C(=O)NCc3ccc4c(c3)OCO4)NC2=O)c1. The first-order valence-corrected chi connectivity index (χ1v) is 8.52. The second kappa shape index (κ2) is 7.06. The Morgan fingerprint density at radius 3 is 2.96 bits per heavy atom. The van der Waals surface area contributed by atoms with E-state index in [-0.39, 0.29) is 25.3 Å². The quantitative estimate of drug-likeness (QED) is 0.836. The number of urea groups is 1. The first-order valence-electron chi connectivity index (χ1n) is 8.52. The van der Waals surface area contributed by atoms with Gasteiger partial charge >= 0.3 is 6.03 Å². The van der Waals surface area contributed by atoms with Crippen LogP contribution in [0.2, 0.25) is 0 Å². The third-order valence-electron chi connectivity index (χ3n) is 4.49. The van der Waals surface area contributed by atoms with Crippen LogP contribution in [0.3, 0.4) is 0 Å². The molecule has 2 aromatic rings. The first kappa shape index (κ1) is 17.0. The van der Waals surface area contributed by atoms with Gasteiger partial charge in [0.1, 0.15) is 11.8 Å². The Balaban J connectivity index is 1.37. The zero-order chi connectivity index (χ0) is 18.8. The number of carbonyl (C=O) groups is 2. The number of rotatable bonds is 5. The monoisotopic (exact) mass is 369 g/mol. The van der Waals surface area contributed by atoms with Crippen molar-refractivity contribution in [2.75, 3.05) is 25.3 Å². The van der Waals surface area contributed by atoms with Crippen LogP contribution in [-0.2, 0) is 11.3 Å². The highest BCUT2D eigenvalue weighted by Crippen LogP contribution is 2.32. The number of fused-ring (bicyclic) bond motifs is 1. The van der Waals surface area contributed by atoms with Gasteiger partial charge in [0.25, 0.3) is 0 Å². The van der Waals surface area contributed by atoms with Crippen molar-refractivity contribution in [1.82, 2.24) is 10.6 Å². The van der Waals surface area contributed by atoms with E-state index in [0.29, 0.717) is 29.5 Å². The standard InChI is InChI=1S/C19H19N3O5/c1-25-14-4-2-3-13(8-14)22-10-15(21-19(22)24)18(23)20-9-12-5-6-16-17(7-12)27-11-26-16/h2-8,15H,9-11H2,1H3,(H,20,23)(H,21,24). The number of carbonyl (C=O) groups excluding carboxylic acids is 2. The normalized spacial score (nSPS) is 17.6. The number of amides is 3. The molecule has 0 radical (unpaired) electrons. The van der Waals surface area contributed by atoms with Gasteiger partial charge in [0.15, 0.2) is 11.5 Å². The van der Waals surface area contributed by atoms with Crippen molar-refractivity contribution in [3.8, 4) is 17.2 Å². The predicted molar refractivity (Wildman–Crippen MR) is 97.1 cm³/mol. The third-order valence-corrected chi connectivity index (χ3v) is 4.49. The van der Waals surface area contributed by atoms with Crippen LogP contribution in [-0.4, -0.2) is 38.4 Å². The number of ether oxygens (including phenoxy) is 3. The van der Waals surface area contributed by atoms with Gasteiger partial charge in [-0.1, -0.05) is 12.1 Å². The summed E-state index contributed by atoms with van der Waals surface area (Å²) in [5, 5.41) is 5.55. The summed E-state index contributed by atoms with van der Waals surface area (Å²) < 4.78 is 15.8. The molecule has 0 saturated carbocycles. The molecule has 0 aromatic heterocycles. The molecular formula is C19H19N3O5. The number of anilines is 1. The van der Waals surface area contributed by atoms with Gasteiger partial charge in [-0.15, -0.1) is 0 Å². The lowest BCUT2D eigenvalue weighted by atomic mass is 10.2. The van der Waals surface area contributed by atoms with Crippen LogP contribution >= 0.6 is 0 Å². The Hall–Kier alpha value is -3.42. The number of nitrogens with zero attached hydrogens (tertiary/aromatic N) is 1. The van der Waals surface area contributed by atoms with Gasteiger partial charge in [-0.05, 0) is 29.8 Å². The van der Waals surface area contributed by atoms with E-state index in [4.69, 9.17) is 14.2 Å². The molecule has 2 heterocycles. The predicted octanol–water partition coefficient (Wildman–Crippen LogP) is 1.64. The topological polar surface area (TPSA) is 89.1 Å². The summed E-state index contributed by atoms with van der Waals surface area (Å²) >= 11 is 0. The van der Waals surface area contributed by atoms with Gasteiger partial charge in [-0.25, -0.2) is 4.79 Å². The van der Waals surface area contributed by atoms with E-state index in [1.165, 1.54) is 4.90 Å². The van der Waals surface area contributed by atoms with E-state index in [0.717, 1.165) is 5.56 Å². The maximum Gasteiger partial charge on any atom is 0.322 e. The highest BCUT2D eigenvalue weighted by atomic mass is 16.7. The second-order valence-corrected chi connectivity index (χ2v) is 6.22. The molecule has 1 fully saturated rings. The third kappa shape index (κ3) is 3.46. The zero-order valence-electron chi connectivity index (χ0n) is 14.7. The Morgan fingerprint density at radius 1 is 1.26 bits per heavy atom. The molecule has 1 unspecified atom stereocenters. The maximum atomic E-state index is 12.5. The maximum absolute atomic E-state index is 12.5. The van der Waals surface area contributed by atoms with Crippen molar-refractivity contribution in [1.29, 1.82) is 0 Å². The minimum Gasteiger partial charge on any atom is -0.497 e. The molecule has 0 bridgehead atoms. The van der Waals surface area contributed by atoms with Gasteiger partial charge < -0.3 is 24.8 Å². The molecule has 1 saturated heterocycles. The molecule has 1 atom stereocenters. The molecular weight excluding hydrogens is 350 g/mol. The van der Waals surface area contributed by atoms with Crippen LogP contribution in [0.25, 0.3) is 0 Å². The molecule has 4 rings (SSSR count). The van der Waals surface area contributed by atoms with Crippen LogP contribution in [0, 0.1) is 0 Å². The molecule has 8 nitrogen and oxygen atoms in total. The molecule has 27 heavy (non-hydrogen) atoms. The number of hydrogen-bond donors (Lipinski definition) is 2. The number of hydrogen-bond acceptors (Lipinski definition) is 5. The zero-order valence-corrected chi connectivity index (χ0v) is 14.7. The Labute approximate surface area is 156 Å². The summed E-state index contributed by atoms with van der Waals surface area (Å²) in [7, 11) is 1.57. The number of nitrogens with one attached hydrogen (secondary N) is 2. The lowest BCUT2D eigenvalue weighted by molar-refractivity contribution is -0.122. The highest BCUT2D eigenvalue weighted by Gasteiger charge is 2.34. The summed E-state index contributed by atoms with van der Waals surface area (Å²) in [6.45, 7) is 0.791. The van der Waals surface area contributed by atoms with E-state index < -0.39 is 6.04 Å². The van der Waals surface area contributed by atoms with Crippen molar-refractivity contribution < 1.29 is 23.8 Å². The average molecular weight is 369 g/mol. The van der Waals surface area contributed by atoms with Crippen LogP contribution < -0.4 is 29.7 Å². The first-order chi connectivity index (χ1) is 13.1. The van der Waals surface area contributed by atoms with E-state index >= 15 is 0 Å². The van der Waals surface area contributed by atoms with Crippen LogP contribution in [0.15, 0.2) is 42.5 Å². The summed E-state index contributed by atoms with van der Waals surface area (Å²) in [5.41, 5.74) is 1.57. The van der Waals surface area contributed by atoms with Crippen LogP contribution in [0.5, 0.6) is 17.2 Å². The average Bonchev–Trinajstić information content (AvgIpc) is 3.32. The Morgan fingerprint density at radius 2 is 2.11 bits per heavy atom. The molecule has 8 heteroatoms. The lowest BCUT2D eigenvalue weighted by Gasteiger charge is -2.15. The fourth-order valence-corrected chi connectivity index (χ4v) is 3.05. The van der Waals surface area contributed by atoms with E-state index in [1.54, 1.807) is 31.4 Å². The summed E-state index contributed by atoms with van der Waals surface area (Å²) in [4.78, 5) is 26.2. The molecule has 2 aliphatic rings. The Kier molecular flexibility index (Phi) is 4.45. The van der Waals surface area contributed by atoms with Crippen LogP contribution in [0.4, 0.5) is 10.5 Å². The highest BCUT2D eigenvalue weighted by molar-refractivity contribution is 6.00. The fraction of sp³-hybridized carbons (Fsp3) is 0.263. The van der Waals surface area contributed by atoms with Crippen LogP contribution in [0.1, 0.15) is 5.56 Å². The van der Waals surface area contributed by atoms with Crippen molar-refractivity contribution in [2.24, 2.45) is 0 Å². The minimum absolute atomic E-state index is 0.208. The Bertz CT molecular complexity index is 885. The molecule has 140 valence electrons. The van der Waals surface area contributed by atoms with Crippen molar-refractivity contribution in [2.45, 2.75) is 12.6 Å². The molecule has 0 spiro atoms. The van der Waals surface area contributed by atoms with E-state index in [9.17, 15) is 9.59 Å². The molecule has 2 aromatic carbocycles. The summed E-state index contributed by atoms with van der Waals surface area (Å²) in [6.07, 6.45) is 0. The van der Waals surface area contributed by atoms with E-state index in [2.05, 4.69) is 10.6 Å². The van der Waals surface area contributed by atoms with Gasteiger partial charge in [0.2, 0.25) is 12.7 Å². The van der Waals surface area contributed by atoms with Crippen molar-refractivity contribution in [3.05, 3.63) is 48.0 Å². The van der Waals surface area contributed by atoms with Gasteiger partial charge in [-0.3, -0.25) is 9.69 Å². The van der Waals surface area contributed by atoms with Gasteiger partial charge in [0, 0.05) is 18.3 Å². The molecule has 3 amide bonds. The number of benzene rings is 2. The summed E-state index contributed by atoms with van der Waals surface area (Å²) in [6, 6.07) is 11.7. The molecule has 0 aliphatic carbocycles.